The number of anilines is 1. The second-order valence-electron chi connectivity index (χ2n) is 10.2. The van der Waals surface area contributed by atoms with Crippen molar-refractivity contribution < 1.29 is 19.4 Å². The number of allylic oxidation sites excluding steroid dienone is 3. The van der Waals surface area contributed by atoms with E-state index in [2.05, 4.69) is 70.4 Å². The zero-order chi connectivity index (χ0) is 30.2. The number of fused-ring (bicyclic) bond motifs is 3. The fourth-order valence-electron chi connectivity index (χ4n) is 4.78. The summed E-state index contributed by atoms with van der Waals surface area (Å²) in [7, 11) is 0. The zero-order valence-electron chi connectivity index (χ0n) is 23.9. The molecule has 2 aliphatic rings. The summed E-state index contributed by atoms with van der Waals surface area (Å²) in [4.78, 5) is 33.2. The molecule has 1 atom stereocenters. The van der Waals surface area contributed by atoms with Gasteiger partial charge in [0.1, 0.15) is 17.5 Å². The lowest BCUT2D eigenvalue weighted by Crippen LogP contribution is -2.30. The van der Waals surface area contributed by atoms with Crippen molar-refractivity contribution in [1.82, 2.24) is 15.3 Å². The first-order valence-corrected chi connectivity index (χ1v) is 14.0. The van der Waals surface area contributed by atoms with Gasteiger partial charge in [-0.3, -0.25) is 9.78 Å². The largest absolute Gasteiger partial charge is 0.481 e. The molecule has 0 saturated carbocycles. The van der Waals surface area contributed by atoms with Gasteiger partial charge in [-0.15, -0.1) is 0 Å². The predicted octanol–water partition coefficient (Wildman–Crippen LogP) is 6.30. The quantitative estimate of drug-likeness (QED) is 0.268. The number of carboxylic acid groups (broad SMARTS) is 1. The van der Waals surface area contributed by atoms with Crippen LogP contribution >= 0.6 is 0 Å². The van der Waals surface area contributed by atoms with Gasteiger partial charge in [-0.2, -0.15) is 0 Å². The van der Waals surface area contributed by atoms with E-state index < -0.39 is 5.97 Å². The van der Waals surface area contributed by atoms with Gasteiger partial charge in [-0.25, -0.2) is 9.78 Å². The van der Waals surface area contributed by atoms with Gasteiger partial charge in [0.05, 0.1) is 11.8 Å². The van der Waals surface area contributed by atoms with Crippen molar-refractivity contribution in [3.63, 3.8) is 0 Å². The van der Waals surface area contributed by atoms with Crippen LogP contribution in [0.4, 0.5) is 5.69 Å². The van der Waals surface area contributed by atoms with Crippen LogP contribution in [0.25, 0.3) is 5.57 Å². The van der Waals surface area contributed by atoms with Crippen molar-refractivity contribution in [3.05, 3.63) is 150 Å². The molecule has 43 heavy (non-hydrogen) atoms. The van der Waals surface area contributed by atoms with E-state index in [-0.39, 0.29) is 17.7 Å². The highest BCUT2D eigenvalue weighted by Gasteiger charge is 2.29. The van der Waals surface area contributed by atoms with E-state index in [0.717, 1.165) is 29.1 Å². The number of carboxylic acids is 1. The summed E-state index contributed by atoms with van der Waals surface area (Å²) in [6.07, 6.45) is 12.0. The Morgan fingerprint density at radius 3 is 2.40 bits per heavy atom. The summed E-state index contributed by atoms with van der Waals surface area (Å²) in [6, 6.07) is 25.4. The molecule has 6 rings (SSSR count). The smallest absolute Gasteiger partial charge is 0.335 e. The van der Waals surface area contributed by atoms with Crippen LogP contribution in [0.2, 0.25) is 0 Å². The molecule has 0 radical (unpaired) electrons. The van der Waals surface area contributed by atoms with Gasteiger partial charge >= 0.3 is 5.97 Å². The van der Waals surface area contributed by atoms with Crippen LogP contribution in [0.5, 0.6) is 5.75 Å². The third-order valence-electron chi connectivity index (χ3n) is 6.93. The predicted molar refractivity (Wildman–Crippen MR) is 167 cm³/mol. The van der Waals surface area contributed by atoms with Crippen LogP contribution in [0.3, 0.4) is 0 Å². The van der Waals surface area contributed by atoms with Crippen LogP contribution in [-0.4, -0.2) is 39.1 Å². The standard InChI is InChI=1S/C28H26N4O2.C7H6O2/c1-19(2)32(18-20-7-4-3-5-8-20)22-11-12-27-24(16-22)23-15-21(9-6-10-26(23)34-27)31-28(33)25-17-29-13-14-30-25;8-7(9)6-4-2-1-3-5-6/h3-17,19,26H,18H2,1-2H3,(H,31,33);1-5H,(H,8,9). The Morgan fingerprint density at radius 2 is 1.74 bits per heavy atom. The molecule has 0 saturated heterocycles. The maximum absolute atomic E-state index is 12.6. The Bertz CT molecular complexity index is 1670. The number of rotatable bonds is 7. The van der Waals surface area contributed by atoms with Gasteiger partial charge in [-0.1, -0.05) is 54.6 Å². The van der Waals surface area contributed by atoms with Crippen molar-refractivity contribution in [1.29, 1.82) is 0 Å². The second kappa shape index (κ2) is 13.4. The number of aromatic nitrogens is 2. The van der Waals surface area contributed by atoms with Crippen LogP contribution < -0.4 is 15.0 Å². The highest BCUT2D eigenvalue weighted by atomic mass is 16.5. The highest BCUT2D eigenvalue weighted by Crippen LogP contribution is 2.42. The number of ether oxygens (including phenoxy) is 1. The van der Waals surface area contributed by atoms with Crippen molar-refractivity contribution in [2.24, 2.45) is 0 Å². The molecular formula is C35H32N4O4. The van der Waals surface area contributed by atoms with E-state index in [4.69, 9.17) is 9.84 Å². The fraction of sp³-hybridized carbons (Fsp3) is 0.143. The zero-order valence-corrected chi connectivity index (χ0v) is 23.9. The number of aromatic carboxylic acids is 1. The Balaban J connectivity index is 0.000000351. The van der Waals surface area contributed by atoms with Gasteiger partial charge < -0.3 is 20.1 Å². The third-order valence-corrected chi connectivity index (χ3v) is 6.93. The summed E-state index contributed by atoms with van der Waals surface area (Å²) in [6.45, 7) is 5.22. The monoisotopic (exact) mass is 572 g/mol. The average molecular weight is 573 g/mol. The first kappa shape index (κ1) is 29.0. The lowest BCUT2D eigenvalue weighted by atomic mass is 10.0. The topological polar surface area (TPSA) is 105 Å². The van der Waals surface area contributed by atoms with Gasteiger partial charge in [0.25, 0.3) is 5.91 Å². The number of hydrogen-bond acceptors (Lipinski definition) is 6. The van der Waals surface area contributed by atoms with E-state index in [1.807, 2.05) is 36.4 Å². The molecule has 1 unspecified atom stereocenters. The molecule has 3 aromatic carbocycles. The van der Waals surface area contributed by atoms with Crippen molar-refractivity contribution in [3.8, 4) is 5.75 Å². The number of amides is 1. The third kappa shape index (κ3) is 7.23. The lowest BCUT2D eigenvalue weighted by Gasteiger charge is -2.29. The summed E-state index contributed by atoms with van der Waals surface area (Å²) in [5.74, 6) is -0.338. The number of carbonyl (C=O) groups excluding carboxylic acids is 1. The van der Waals surface area contributed by atoms with Gasteiger partial charge in [0, 0.05) is 47.5 Å². The molecule has 8 nitrogen and oxygen atoms in total. The van der Waals surface area contributed by atoms with Gasteiger partial charge in [-0.05, 0) is 68.0 Å². The summed E-state index contributed by atoms with van der Waals surface area (Å²) >= 11 is 0. The van der Waals surface area contributed by atoms with E-state index in [0.29, 0.717) is 17.3 Å². The molecule has 8 heteroatoms. The average Bonchev–Trinajstić information content (AvgIpc) is 3.24. The minimum Gasteiger partial charge on any atom is -0.481 e. The number of nitrogens with zero attached hydrogens (tertiary/aromatic N) is 3. The Labute approximate surface area is 250 Å². The number of carbonyl (C=O) groups is 2. The highest BCUT2D eigenvalue weighted by molar-refractivity contribution is 5.94. The van der Waals surface area contributed by atoms with Crippen LogP contribution in [0.15, 0.2) is 127 Å². The minimum atomic E-state index is -0.879. The van der Waals surface area contributed by atoms with Crippen LogP contribution in [-0.2, 0) is 6.54 Å². The number of nitrogens with one attached hydrogen (secondary N) is 1. The Kier molecular flexibility index (Phi) is 9.07. The van der Waals surface area contributed by atoms with Gasteiger partial charge in [0.15, 0.2) is 0 Å². The Morgan fingerprint density at radius 1 is 1.00 bits per heavy atom. The molecule has 4 aromatic rings. The molecule has 2 N–H and O–H groups in total. The molecule has 0 bridgehead atoms. The van der Waals surface area contributed by atoms with Crippen LogP contribution in [0.1, 0.15) is 45.8 Å². The lowest BCUT2D eigenvalue weighted by molar-refractivity contribution is 0.0696. The molecule has 1 aliphatic carbocycles. The van der Waals surface area contributed by atoms with E-state index in [1.165, 1.54) is 18.0 Å². The number of hydrogen-bond donors (Lipinski definition) is 2. The van der Waals surface area contributed by atoms with Crippen LogP contribution in [0, 0.1) is 0 Å². The molecule has 2 heterocycles. The van der Waals surface area contributed by atoms with E-state index >= 15 is 0 Å². The Hall–Kier alpha value is -5.50. The first-order chi connectivity index (χ1) is 20.9. The van der Waals surface area contributed by atoms with Gasteiger partial charge in [0.2, 0.25) is 0 Å². The molecule has 0 fully saturated rings. The fourth-order valence-corrected chi connectivity index (χ4v) is 4.78. The molecule has 1 amide bonds. The van der Waals surface area contributed by atoms with E-state index in [1.54, 1.807) is 36.5 Å². The van der Waals surface area contributed by atoms with Crippen molar-refractivity contribution in [2.75, 3.05) is 4.90 Å². The molecule has 1 aliphatic heterocycles. The number of benzene rings is 3. The SMILES string of the molecule is CC(C)N(Cc1ccccc1)c1ccc2c(c1)C1=CC(NC(=O)c3cnccn3)=CC=CC1O2.O=C(O)c1ccccc1. The maximum Gasteiger partial charge on any atom is 0.335 e. The summed E-state index contributed by atoms with van der Waals surface area (Å²) in [5.41, 5.74) is 5.72. The summed E-state index contributed by atoms with van der Waals surface area (Å²) in [5, 5.41) is 11.3. The van der Waals surface area contributed by atoms with Crippen molar-refractivity contribution in [2.45, 2.75) is 32.5 Å². The molecule has 216 valence electrons. The molecule has 0 spiro atoms. The second-order valence-corrected chi connectivity index (χ2v) is 10.2. The van der Waals surface area contributed by atoms with Crippen molar-refractivity contribution >= 4 is 23.1 Å². The maximum atomic E-state index is 12.6. The first-order valence-electron chi connectivity index (χ1n) is 14.0. The summed E-state index contributed by atoms with van der Waals surface area (Å²) < 4.78 is 6.20. The minimum absolute atomic E-state index is 0.200. The van der Waals surface area contributed by atoms with E-state index in [9.17, 15) is 9.59 Å². The normalized spacial score (nSPS) is 14.5. The molecular weight excluding hydrogens is 540 g/mol. The molecule has 1 aromatic heterocycles.